The highest BCUT2D eigenvalue weighted by atomic mass is 35.5. The number of benzene rings is 1. The van der Waals surface area contributed by atoms with E-state index in [1.54, 1.807) is 15.9 Å². The number of carbonyl (C=O) groups excluding carboxylic acids is 3. The predicted molar refractivity (Wildman–Crippen MR) is 98.7 cm³/mol. The van der Waals surface area contributed by atoms with Crippen molar-refractivity contribution >= 4 is 29.4 Å². The lowest BCUT2D eigenvalue weighted by Gasteiger charge is -2.42. The summed E-state index contributed by atoms with van der Waals surface area (Å²) in [6.07, 6.45) is 0.613. The number of nitrogens with one attached hydrogen (secondary N) is 1. The molecule has 0 unspecified atom stereocenters. The second-order valence-corrected chi connectivity index (χ2v) is 7.96. The van der Waals surface area contributed by atoms with E-state index < -0.39 is 11.4 Å². The van der Waals surface area contributed by atoms with Crippen LogP contribution in [-0.2, 0) is 16.0 Å². The van der Waals surface area contributed by atoms with Gasteiger partial charge in [-0.05, 0) is 30.9 Å². The zero-order valence-electron chi connectivity index (χ0n) is 15.4. The second-order valence-electron chi connectivity index (χ2n) is 7.55. The van der Waals surface area contributed by atoms with Crippen molar-refractivity contribution in [1.82, 2.24) is 15.1 Å². The molecule has 6 nitrogen and oxygen atoms in total. The van der Waals surface area contributed by atoms with Crippen molar-refractivity contribution in [2.24, 2.45) is 5.92 Å². The molecule has 27 heavy (non-hydrogen) atoms. The maximum absolute atomic E-state index is 13.9. The number of piperidine rings is 1. The Labute approximate surface area is 162 Å². The summed E-state index contributed by atoms with van der Waals surface area (Å²) in [5.41, 5.74) is -0.715. The number of hydrogen-bond donors (Lipinski definition) is 1. The highest BCUT2D eigenvalue weighted by Gasteiger charge is 2.54. The lowest BCUT2D eigenvalue weighted by atomic mass is 9.85. The molecule has 2 heterocycles. The SMILES string of the molecule is CC(C)CN1C(=O)NC(=O)C12CCN(C(=O)Cc1c(F)cccc1Cl)CC2. The van der Waals surface area contributed by atoms with Crippen molar-refractivity contribution in [2.45, 2.75) is 38.6 Å². The quantitative estimate of drug-likeness (QED) is 0.796. The van der Waals surface area contributed by atoms with Crippen LogP contribution in [0.25, 0.3) is 0 Å². The lowest BCUT2D eigenvalue weighted by molar-refractivity contribution is -0.137. The van der Waals surface area contributed by atoms with Crippen molar-refractivity contribution in [3.05, 3.63) is 34.6 Å². The second kappa shape index (κ2) is 7.46. The van der Waals surface area contributed by atoms with Crippen LogP contribution in [0.3, 0.4) is 0 Å². The summed E-state index contributed by atoms with van der Waals surface area (Å²) in [7, 11) is 0. The number of urea groups is 1. The molecule has 0 bridgehead atoms. The first-order valence-electron chi connectivity index (χ1n) is 9.08. The van der Waals surface area contributed by atoms with Crippen LogP contribution in [-0.4, -0.2) is 52.8 Å². The Morgan fingerprint density at radius 2 is 1.96 bits per heavy atom. The average Bonchev–Trinajstić information content (AvgIpc) is 2.82. The minimum atomic E-state index is -0.895. The summed E-state index contributed by atoms with van der Waals surface area (Å²) >= 11 is 6.01. The third-order valence-corrected chi connectivity index (χ3v) is 5.64. The summed E-state index contributed by atoms with van der Waals surface area (Å²) < 4.78 is 13.9. The molecular formula is C19H23ClFN3O3. The van der Waals surface area contributed by atoms with Crippen LogP contribution in [0.2, 0.25) is 5.02 Å². The fourth-order valence-electron chi connectivity index (χ4n) is 3.81. The Kier molecular flexibility index (Phi) is 5.42. The zero-order valence-corrected chi connectivity index (χ0v) is 16.2. The Balaban J connectivity index is 1.70. The van der Waals surface area contributed by atoms with Gasteiger partial charge in [0.25, 0.3) is 5.91 Å². The summed E-state index contributed by atoms with van der Waals surface area (Å²) in [6.45, 7) is 5.12. The predicted octanol–water partition coefficient (Wildman–Crippen LogP) is 2.59. The summed E-state index contributed by atoms with van der Waals surface area (Å²) in [4.78, 5) is 40.5. The fraction of sp³-hybridized carbons (Fsp3) is 0.526. The van der Waals surface area contributed by atoms with Crippen LogP contribution < -0.4 is 5.32 Å². The zero-order chi connectivity index (χ0) is 19.8. The minimum absolute atomic E-state index is 0.126. The number of imide groups is 1. The number of rotatable bonds is 4. The van der Waals surface area contributed by atoms with Gasteiger partial charge in [-0.3, -0.25) is 14.9 Å². The average molecular weight is 396 g/mol. The molecule has 0 aliphatic carbocycles. The van der Waals surface area contributed by atoms with Gasteiger partial charge in [-0.1, -0.05) is 31.5 Å². The smallest absolute Gasteiger partial charge is 0.325 e. The number of likely N-dealkylation sites (tertiary alicyclic amines) is 1. The maximum Gasteiger partial charge on any atom is 0.325 e. The minimum Gasteiger partial charge on any atom is -0.342 e. The van der Waals surface area contributed by atoms with Crippen LogP contribution in [0, 0.1) is 11.7 Å². The molecule has 1 aromatic carbocycles. The number of nitrogens with zero attached hydrogens (tertiary/aromatic N) is 2. The molecule has 0 saturated carbocycles. The normalized spacial score (nSPS) is 19.1. The van der Waals surface area contributed by atoms with Crippen molar-refractivity contribution in [1.29, 1.82) is 0 Å². The molecule has 2 aliphatic heterocycles. The van der Waals surface area contributed by atoms with Crippen molar-refractivity contribution in [3.8, 4) is 0 Å². The van der Waals surface area contributed by atoms with Gasteiger partial charge in [0.15, 0.2) is 0 Å². The molecule has 146 valence electrons. The summed E-state index contributed by atoms with van der Waals surface area (Å²) in [6, 6.07) is 3.95. The molecule has 2 saturated heterocycles. The van der Waals surface area contributed by atoms with E-state index >= 15 is 0 Å². The monoisotopic (exact) mass is 395 g/mol. The summed E-state index contributed by atoms with van der Waals surface area (Å²) in [5.74, 6) is -0.816. The van der Waals surface area contributed by atoms with Gasteiger partial charge in [0.1, 0.15) is 11.4 Å². The summed E-state index contributed by atoms with van der Waals surface area (Å²) in [5, 5.41) is 2.63. The van der Waals surface area contributed by atoms with Crippen LogP contribution in [0.4, 0.5) is 9.18 Å². The first-order valence-corrected chi connectivity index (χ1v) is 9.46. The van der Waals surface area contributed by atoms with Gasteiger partial charge in [-0.2, -0.15) is 0 Å². The Hall–Kier alpha value is -2.15. The van der Waals surface area contributed by atoms with Crippen LogP contribution in [0.15, 0.2) is 18.2 Å². The van der Waals surface area contributed by atoms with Gasteiger partial charge in [0, 0.05) is 30.2 Å². The number of carbonyl (C=O) groups is 3. The first kappa shape index (κ1) is 19.6. The van der Waals surface area contributed by atoms with E-state index in [2.05, 4.69) is 5.32 Å². The van der Waals surface area contributed by atoms with Crippen LogP contribution >= 0.6 is 11.6 Å². The number of halogens is 2. The molecular weight excluding hydrogens is 373 g/mol. The molecule has 1 aromatic rings. The largest absolute Gasteiger partial charge is 0.342 e. The first-order chi connectivity index (χ1) is 12.7. The van der Waals surface area contributed by atoms with Gasteiger partial charge >= 0.3 is 6.03 Å². The van der Waals surface area contributed by atoms with E-state index in [4.69, 9.17) is 11.6 Å². The molecule has 0 atom stereocenters. The highest BCUT2D eigenvalue weighted by Crippen LogP contribution is 2.34. The maximum atomic E-state index is 13.9. The van der Waals surface area contributed by atoms with E-state index in [9.17, 15) is 18.8 Å². The Morgan fingerprint density at radius 1 is 1.30 bits per heavy atom. The van der Waals surface area contributed by atoms with Gasteiger partial charge < -0.3 is 9.80 Å². The van der Waals surface area contributed by atoms with Crippen LogP contribution in [0.5, 0.6) is 0 Å². The standard InChI is InChI=1S/C19H23ClFN3O3/c1-12(2)11-24-18(27)22-17(26)19(24)6-8-23(9-7-19)16(25)10-13-14(20)4-3-5-15(13)21/h3-5,12H,6-11H2,1-2H3,(H,22,26,27). The van der Waals surface area contributed by atoms with E-state index in [-0.39, 0.29) is 40.8 Å². The highest BCUT2D eigenvalue weighted by molar-refractivity contribution is 6.31. The third-order valence-electron chi connectivity index (χ3n) is 5.29. The topological polar surface area (TPSA) is 69.7 Å². The van der Waals surface area contributed by atoms with Crippen molar-refractivity contribution in [2.75, 3.05) is 19.6 Å². The molecule has 0 aromatic heterocycles. The van der Waals surface area contributed by atoms with Gasteiger partial charge in [0.2, 0.25) is 5.91 Å². The van der Waals surface area contributed by atoms with Gasteiger partial charge in [0.05, 0.1) is 6.42 Å². The molecule has 4 amide bonds. The van der Waals surface area contributed by atoms with E-state index in [0.29, 0.717) is 32.5 Å². The molecule has 1 spiro atoms. The van der Waals surface area contributed by atoms with Gasteiger partial charge in [-0.25, -0.2) is 9.18 Å². The lowest BCUT2D eigenvalue weighted by Crippen LogP contribution is -2.58. The number of hydrogen-bond acceptors (Lipinski definition) is 3. The third kappa shape index (κ3) is 3.65. The molecule has 1 N–H and O–H groups in total. The Morgan fingerprint density at radius 3 is 2.56 bits per heavy atom. The molecule has 2 aliphatic rings. The van der Waals surface area contributed by atoms with Crippen molar-refractivity contribution in [3.63, 3.8) is 0 Å². The number of amides is 4. The molecule has 3 rings (SSSR count). The van der Waals surface area contributed by atoms with E-state index in [1.165, 1.54) is 12.1 Å². The molecule has 0 radical (unpaired) electrons. The van der Waals surface area contributed by atoms with E-state index in [0.717, 1.165) is 0 Å². The fourth-order valence-corrected chi connectivity index (χ4v) is 4.04. The Bertz CT molecular complexity index is 755. The van der Waals surface area contributed by atoms with E-state index in [1.807, 2.05) is 13.8 Å². The van der Waals surface area contributed by atoms with Gasteiger partial charge in [-0.15, -0.1) is 0 Å². The molecule has 8 heteroatoms. The van der Waals surface area contributed by atoms with Crippen molar-refractivity contribution < 1.29 is 18.8 Å². The molecule has 2 fully saturated rings. The van der Waals surface area contributed by atoms with Crippen LogP contribution in [0.1, 0.15) is 32.3 Å².